The number of sulfone groups is 1. The Kier molecular flexibility index (Phi) is 5.58. The van der Waals surface area contributed by atoms with Gasteiger partial charge in [0.1, 0.15) is 15.4 Å². The fourth-order valence-electron chi connectivity index (χ4n) is 2.99. The monoisotopic (exact) mass is 353 g/mol. The van der Waals surface area contributed by atoms with Crippen LogP contribution >= 0.6 is 0 Å². The molecule has 0 saturated carbocycles. The first-order chi connectivity index (χ1) is 11.1. The Hall–Kier alpha value is -1.56. The molecule has 6 heteroatoms. The molecule has 1 atom stereocenters. The molecule has 0 N–H and O–H groups in total. The van der Waals surface area contributed by atoms with E-state index in [2.05, 4.69) is 0 Å². The maximum absolute atomic E-state index is 12.5. The molecule has 0 spiro atoms. The number of anilines is 1. The first kappa shape index (κ1) is 18.8. The quantitative estimate of drug-likeness (QED) is 0.757. The van der Waals surface area contributed by atoms with Gasteiger partial charge in [0, 0.05) is 24.5 Å². The standard InChI is InChI=1S/C18H27NO4S/c1-18(2,3)23-17(20)19-13-14(9-7-8-12-24(4,21)22)15-10-5-6-11-16(15)19/h5-6,10-11,14H,7-9,12-13H2,1-4H3. The molecule has 2 rings (SSSR count). The molecule has 1 unspecified atom stereocenters. The van der Waals surface area contributed by atoms with Crippen LogP contribution in [0.2, 0.25) is 0 Å². The van der Waals surface area contributed by atoms with Crippen molar-refractivity contribution in [1.29, 1.82) is 0 Å². The Morgan fingerprint density at radius 1 is 1.25 bits per heavy atom. The van der Waals surface area contributed by atoms with Gasteiger partial charge in [-0.15, -0.1) is 0 Å². The van der Waals surface area contributed by atoms with Crippen LogP contribution in [-0.4, -0.2) is 38.7 Å². The van der Waals surface area contributed by atoms with E-state index in [1.807, 2.05) is 45.0 Å². The molecule has 0 fully saturated rings. The summed E-state index contributed by atoms with van der Waals surface area (Å²) < 4.78 is 28.0. The summed E-state index contributed by atoms with van der Waals surface area (Å²) in [5, 5.41) is 0. The Bertz CT molecular complexity index is 691. The second kappa shape index (κ2) is 7.13. The summed E-state index contributed by atoms with van der Waals surface area (Å²) in [7, 11) is -2.91. The highest BCUT2D eigenvalue weighted by Crippen LogP contribution is 2.39. The Labute approximate surface area is 144 Å². The third kappa shape index (κ3) is 5.23. The van der Waals surface area contributed by atoms with Gasteiger partial charge >= 0.3 is 6.09 Å². The highest BCUT2D eigenvalue weighted by molar-refractivity contribution is 7.90. The van der Waals surface area contributed by atoms with E-state index in [4.69, 9.17) is 4.74 Å². The highest BCUT2D eigenvalue weighted by atomic mass is 32.2. The van der Waals surface area contributed by atoms with E-state index in [0.29, 0.717) is 13.0 Å². The normalized spacial score (nSPS) is 17.7. The lowest BCUT2D eigenvalue weighted by Crippen LogP contribution is -2.36. The average Bonchev–Trinajstić information content (AvgIpc) is 2.80. The van der Waals surface area contributed by atoms with Crippen molar-refractivity contribution in [3.05, 3.63) is 29.8 Å². The van der Waals surface area contributed by atoms with Crippen molar-refractivity contribution in [3.8, 4) is 0 Å². The van der Waals surface area contributed by atoms with Crippen LogP contribution in [0, 0.1) is 0 Å². The van der Waals surface area contributed by atoms with Crippen LogP contribution in [0.15, 0.2) is 24.3 Å². The zero-order chi connectivity index (χ0) is 18.0. The predicted molar refractivity (Wildman–Crippen MR) is 96.3 cm³/mol. The fourth-order valence-corrected chi connectivity index (χ4v) is 3.72. The summed E-state index contributed by atoms with van der Waals surface area (Å²) in [4.78, 5) is 14.2. The molecular formula is C18H27NO4S. The third-order valence-electron chi connectivity index (χ3n) is 4.00. The van der Waals surface area contributed by atoms with E-state index < -0.39 is 15.4 Å². The van der Waals surface area contributed by atoms with Crippen molar-refractivity contribution in [2.24, 2.45) is 0 Å². The Morgan fingerprint density at radius 2 is 1.92 bits per heavy atom. The lowest BCUT2D eigenvalue weighted by Gasteiger charge is -2.25. The summed E-state index contributed by atoms with van der Waals surface area (Å²) in [5.41, 5.74) is 1.52. The van der Waals surface area contributed by atoms with Crippen LogP contribution in [0.5, 0.6) is 0 Å². The maximum atomic E-state index is 12.5. The molecule has 1 aliphatic rings. The molecule has 0 saturated heterocycles. The SMILES string of the molecule is CC(C)(C)OC(=O)N1CC(CCCCS(C)(=O)=O)c2ccccc21. The van der Waals surface area contributed by atoms with Crippen LogP contribution in [0.3, 0.4) is 0 Å². The van der Waals surface area contributed by atoms with Gasteiger partial charge < -0.3 is 4.74 Å². The molecule has 24 heavy (non-hydrogen) atoms. The van der Waals surface area contributed by atoms with Gasteiger partial charge in [0.25, 0.3) is 0 Å². The molecule has 5 nitrogen and oxygen atoms in total. The summed E-state index contributed by atoms with van der Waals surface area (Å²) in [6, 6.07) is 7.87. The fraction of sp³-hybridized carbons (Fsp3) is 0.611. The van der Waals surface area contributed by atoms with E-state index >= 15 is 0 Å². The van der Waals surface area contributed by atoms with Crippen molar-refractivity contribution in [2.75, 3.05) is 23.5 Å². The molecule has 1 heterocycles. The lowest BCUT2D eigenvalue weighted by molar-refractivity contribution is 0.0582. The van der Waals surface area contributed by atoms with E-state index in [1.54, 1.807) is 4.90 Å². The molecule has 1 amide bonds. The van der Waals surface area contributed by atoms with Gasteiger partial charge in [-0.25, -0.2) is 13.2 Å². The van der Waals surface area contributed by atoms with Crippen LogP contribution in [0.25, 0.3) is 0 Å². The molecule has 1 aromatic carbocycles. The third-order valence-corrected chi connectivity index (χ3v) is 5.03. The second-order valence-corrected chi connectivity index (χ2v) is 9.73. The van der Waals surface area contributed by atoms with E-state index in [9.17, 15) is 13.2 Å². The number of carbonyl (C=O) groups is 1. The molecule has 0 radical (unpaired) electrons. The topological polar surface area (TPSA) is 63.7 Å². The number of amides is 1. The van der Waals surface area contributed by atoms with Crippen LogP contribution in [-0.2, 0) is 14.6 Å². The minimum absolute atomic E-state index is 0.219. The number of para-hydroxylation sites is 1. The molecule has 0 aromatic heterocycles. The Morgan fingerprint density at radius 3 is 2.54 bits per heavy atom. The number of ether oxygens (including phenoxy) is 1. The summed E-state index contributed by atoms with van der Waals surface area (Å²) >= 11 is 0. The largest absolute Gasteiger partial charge is 0.443 e. The lowest BCUT2D eigenvalue weighted by atomic mass is 9.96. The second-order valence-electron chi connectivity index (χ2n) is 7.47. The Balaban J connectivity index is 2.04. The molecular weight excluding hydrogens is 326 g/mol. The van der Waals surface area contributed by atoms with Crippen LogP contribution in [0.4, 0.5) is 10.5 Å². The minimum atomic E-state index is -2.91. The molecule has 1 aliphatic heterocycles. The van der Waals surface area contributed by atoms with Gasteiger partial charge in [0.15, 0.2) is 0 Å². The number of benzene rings is 1. The van der Waals surface area contributed by atoms with Crippen molar-refractivity contribution in [3.63, 3.8) is 0 Å². The van der Waals surface area contributed by atoms with Crippen LogP contribution < -0.4 is 4.90 Å². The van der Waals surface area contributed by atoms with Crippen molar-refractivity contribution < 1.29 is 17.9 Å². The van der Waals surface area contributed by atoms with E-state index in [0.717, 1.165) is 24.1 Å². The zero-order valence-corrected chi connectivity index (χ0v) is 15.7. The smallest absolute Gasteiger partial charge is 0.414 e. The number of nitrogens with zero attached hydrogens (tertiary/aromatic N) is 1. The van der Waals surface area contributed by atoms with Gasteiger partial charge in [-0.2, -0.15) is 0 Å². The number of rotatable bonds is 5. The number of carbonyl (C=O) groups excluding carboxylic acids is 1. The summed E-state index contributed by atoms with van der Waals surface area (Å²) in [6.07, 6.45) is 3.29. The molecule has 1 aromatic rings. The van der Waals surface area contributed by atoms with Gasteiger partial charge in [-0.05, 0) is 45.2 Å². The highest BCUT2D eigenvalue weighted by Gasteiger charge is 2.34. The summed E-state index contributed by atoms with van der Waals surface area (Å²) in [6.45, 7) is 6.16. The zero-order valence-electron chi connectivity index (χ0n) is 14.9. The minimum Gasteiger partial charge on any atom is -0.443 e. The molecule has 0 bridgehead atoms. The average molecular weight is 353 g/mol. The number of hydrogen-bond acceptors (Lipinski definition) is 4. The first-order valence-corrected chi connectivity index (χ1v) is 10.4. The van der Waals surface area contributed by atoms with Gasteiger partial charge in [-0.3, -0.25) is 4.90 Å². The van der Waals surface area contributed by atoms with Gasteiger partial charge in [0.2, 0.25) is 0 Å². The summed E-state index contributed by atoms with van der Waals surface area (Å²) in [5.74, 6) is 0.449. The van der Waals surface area contributed by atoms with E-state index in [-0.39, 0.29) is 17.8 Å². The van der Waals surface area contributed by atoms with Gasteiger partial charge in [0.05, 0.1) is 5.69 Å². The number of unbranched alkanes of at least 4 members (excludes halogenated alkanes) is 1. The number of hydrogen-bond donors (Lipinski definition) is 0. The molecule has 0 aliphatic carbocycles. The van der Waals surface area contributed by atoms with Crippen LogP contribution in [0.1, 0.15) is 51.5 Å². The maximum Gasteiger partial charge on any atom is 0.414 e. The number of fused-ring (bicyclic) bond motifs is 1. The van der Waals surface area contributed by atoms with E-state index in [1.165, 1.54) is 6.26 Å². The van der Waals surface area contributed by atoms with Crippen molar-refractivity contribution >= 4 is 21.6 Å². The van der Waals surface area contributed by atoms with Crippen molar-refractivity contribution in [2.45, 2.75) is 51.6 Å². The predicted octanol–water partition coefficient (Wildman–Crippen LogP) is 3.74. The van der Waals surface area contributed by atoms with Crippen molar-refractivity contribution in [1.82, 2.24) is 0 Å². The first-order valence-electron chi connectivity index (χ1n) is 8.34. The van der Waals surface area contributed by atoms with Gasteiger partial charge in [-0.1, -0.05) is 24.6 Å². The molecule has 134 valence electrons.